The zero-order valence-electron chi connectivity index (χ0n) is 23.8. The van der Waals surface area contributed by atoms with E-state index in [1.807, 2.05) is 16.3 Å². The Morgan fingerprint density at radius 2 is 1.80 bits per heavy atom. The van der Waals surface area contributed by atoms with Gasteiger partial charge in [-0.15, -0.1) is 11.3 Å². The largest absolute Gasteiger partial charge is 0.456 e. The first-order chi connectivity index (χ1) is 21.4. The standard InChI is InChI=1S/C32H31FN4O5S2/c33-29-17-22(5-10-30(29)35-12-14-41-15-13-35)37(32(38)31-4-2-16-43-31)21-28-26-19-36(20-27(26)28)44(39,40)25-8-6-23(7-9-25)42-24-3-1-11-34-18-24/h1-11,16-18,26-28H,12-15,19-21H2. The van der Waals surface area contributed by atoms with Crippen molar-refractivity contribution >= 4 is 38.6 Å². The minimum Gasteiger partial charge on any atom is -0.456 e. The number of anilines is 2. The number of thiophene rings is 1. The summed E-state index contributed by atoms with van der Waals surface area (Å²) in [6, 6.07) is 18.5. The van der Waals surface area contributed by atoms with E-state index in [-0.39, 0.29) is 34.4 Å². The Morgan fingerprint density at radius 3 is 2.45 bits per heavy atom. The number of amides is 1. The molecule has 12 heteroatoms. The molecule has 2 aromatic carbocycles. The van der Waals surface area contributed by atoms with E-state index in [0.29, 0.717) is 73.7 Å². The topological polar surface area (TPSA) is 92.3 Å². The average Bonchev–Trinajstić information content (AvgIpc) is 3.43. The predicted octanol–water partition coefficient (Wildman–Crippen LogP) is 5.12. The van der Waals surface area contributed by atoms with Crippen LogP contribution in [0.1, 0.15) is 9.67 Å². The lowest BCUT2D eigenvalue weighted by molar-refractivity contribution is 0.0988. The van der Waals surface area contributed by atoms with Crippen LogP contribution in [0.15, 0.2) is 89.4 Å². The monoisotopic (exact) mass is 634 g/mol. The van der Waals surface area contributed by atoms with E-state index >= 15 is 4.39 Å². The highest BCUT2D eigenvalue weighted by Crippen LogP contribution is 2.53. The van der Waals surface area contributed by atoms with Gasteiger partial charge in [0.05, 0.1) is 34.9 Å². The van der Waals surface area contributed by atoms with Crippen molar-refractivity contribution in [3.8, 4) is 11.5 Å². The molecular formula is C32H31FN4O5S2. The third-order valence-corrected chi connectivity index (χ3v) is 11.3. The number of sulfonamides is 1. The first-order valence-corrected chi connectivity index (χ1v) is 16.9. The number of hydrogen-bond donors (Lipinski definition) is 0. The maximum absolute atomic E-state index is 15.4. The molecule has 2 aliphatic heterocycles. The van der Waals surface area contributed by atoms with Crippen molar-refractivity contribution in [2.45, 2.75) is 4.90 Å². The van der Waals surface area contributed by atoms with Crippen LogP contribution in [0.2, 0.25) is 0 Å². The van der Waals surface area contributed by atoms with Crippen LogP contribution in [-0.4, -0.2) is 69.6 Å². The van der Waals surface area contributed by atoms with E-state index in [4.69, 9.17) is 9.47 Å². The molecule has 7 rings (SSSR count). The van der Waals surface area contributed by atoms with E-state index in [2.05, 4.69) is 4.98 Å². The van der Waals surface area contributed by atoms with Gasteiger partial charge in [-0.25, -0.2) is 12.8 Å². The van der Waals surface area contributed by atoms with E-state index in [9.17, 15) is 13.2 Å². The van der Waals surface area contributed by atoms with Gasteiger partial charge in [-0.3, -0.25) is 9.78 Å². The Balaban J connectivity index is 1.03. The summed E-state index contributed by atoms with van der Waals surface area (Å²) in [5.74, 6) is 0.924. The van der Waals surface area contributed by atoms with E-state index in [1.54, 1.807) is 71.9 Å². The molecule has 3 fully saturated rings. The van der Waals surface area contributed by atoms with Gasteiger partial charge in [-0.1, -0.05) is 6.07 Å². The van der Waals surface area contributed by atoms with Crippen LogP contribution in [0.5, 0.6) is 11.5 Å². The van der Waals surface area contributed by atoms with Crippen LogP contribution in [0.4, 0.5) is 15.8 Å². The number of fused-ring (bicyclic) bond motifs is 1. The van der Waals surface area contributed by atoms with Gasteiger partial charge >= 0.3 is 0 Å². The molecule has 0 spiro atoms. The van der Waals surface area contributed by atoms with E-state index in [0.717, 1.165) is 0 Å². The van der Waals surface area contributed by atoms with Crippen molar-refractivity contribution in [1.29, 1.82) is 0 Å². The molecule has 2 atom stereocenters. The number of ether oxygens (including phenoxy) is 2. The second kappa shape index (κ2) is 11.9. The van der Waals surface area contributed by atoms with Crippen molar-refractivity contribution in [1.82, 2.24) is 9.29 Å². The number of rotatable bonds is 9. The lowest BCUT2D eigenvalue weighted by atomic mass is 10.2. The van der Waals surface area contributed by atoms with E-state index < -0.39 is 10.0 Å². The van der Waals surface area contributed by atoms with Crippen molar-refractivity contribution in [2.75, 3.05) is 55.7 Å². The molecule has 2 aromatic heterocycles. The third kappa shape index (κ3) is 5.70. The Bertz CT molecular complexity index is 1720. The molecule has 0 bridgehead atoms. The van der Waals surface area contributed by atoms with Crippen LogP contribution in [-0.2, 0) is 14.8 Å². The van der Waals surface area contributed by atoms with Gasteiger partial charge in [0, 0.05) is 44.6 Å². The summed E-state index contributed by atoms with van der Waals surface area (Å²) in [4.78, 5) is 22.0. The normalized spacial score (nSPS) is 21.6. The second-order valence-corrected chi connectivity index (χ2v) is 14.1. The molecule has 44 heavy (non-hydrogen) atoms. The number of piperidine rings is 1. The van der Waals surface area contributed by atoms with E-state index in [1.165, 1.54) is 21.7 Å². The van der Waals surface area contributed by atoms with Crippen molar-refractivity contribution < 1.29 is 27.1 Å². The number of morpholine rings is 1. The second-order valence-electron chi connectivity index (χ2n) is 11.2. The number of carbonyl (C=O) groups excluding carboxylic acids is 1. The zero-order chi connectivity index (χ0) is 30.3. The van der Waals surface area contributed by atoms with Gasteiger partial charge in [0.25, 0.3) is 5.91 Å². The molecule has 4 aromatic rings. The van der Waals surface area contributed by atoms with Crippen LogP contribution >= 0.6 is 11.3 Å². The summed E-state index contributed by atoms with van der Waals surface area (Å²) in [5.41, 5.74) is 1.00. The van der Waals surface area contributed by atoms with Crippen LogP contribution in [0.25, 0.3) is 0 Å². The van der Waals surface area contributed by atoms with Gasteiger partial charge in [-0.05, 0) is 83.8 Å². The maximum Gasteiger partial charge on any atom is 0.268 e. The molecule has 3 aliphatic rings. The quantitative estimate of drug-likeness (QED) is 0.252. The van der Waals surface area contributed by atoms with Crippen molar-refractivity contribution in [3.63, 3.8) is 0 Å². The molecule has 0 N–H and O–H groups in total. The Labute approximate surface area is 259 Å². The maximum atomic E-state index is 15.4. The van der Waals surface area contributed by atoms with Crippen LogP contribution in [0.3, 0.4) is 0 Å². The van der Waals surface area contributed by atoms with Gasteiger partial charge in [0.15, 0.2) is 0 Å². The number of nitrogens with zero attached hydrogens (tertiary/aromatic N) is 4. The third-order valence-electron chi connectivity index (χ3n) is 8.63. The van der Waals surface area contributed by atoms with Crippen molar-refractivity contribution in [2.24, 2.45) is 17.8 Å². The first kappa shape index (κ1) is 28.9. The first-order valence-electron chi connectivity index (χ1n) is 14.5. The number of pyridine rings is 1. The molecule has 1 amide bonds. The fourth-order valence-electron chi connectivity index (χ4n) is 6.22. The highest BCUT2D eigenvalue weighted by molar-refractivity contribution is 7.89. The molecule has 1 saturated carbocycles. The number of carbonyl (C=O) groups is 1. The Kier molecular flexibility index (Phi) is 7.83. The van der Waals surface area contributed by atoms with Crippen LogP contribution in [0, 0.1) is 23.6 Å². The number of aromatic nitrogens is 1. The zero-order valence-corrected chi connectivity index (χ0v) is 25.4. The number of benzene rings is 2. The molecule has 4 heterocycles. The van der Waals surface area contributed by atoms with Gasteiger partial charge in [-0.2, -0.15) is 4.31 Å². The van der Waals surface area contributed by atoms with Crippen molar-refractivity contribution in [3.05, 3.63) is 95.2 Å². The predicted molar refractivity (Wildman–Crippen MR) is 165 cm³/mol. The minimum absolute atomic E-state index is 0.127. The summed E-state index contributed by atoms with van der Waals surface area (Å²) in [5, 5.41) is 1.85. The molecule has 228 valence electrons. The highest BCUT2D eigenvalue weighted by Gasteiger charge is 2.58. The summed E-state index contributed by atoms with van der Waals surface area (Å²) in [6.07, 6.45) is 3.24. The molecule has 9 nitrogen and oxygen atoms in total. The summed E-state index contributed by atoms with van der Waals surface area (Å²) < 4.78 is 54.9. The lowest BCUT2D eigenvalue weighted by Gasteiger charge is -2.30. The Hall–Kier alpha value is -3.84. The smallest absolute Gasteiger partial charge is 0.268 e. The fraction of sp³-hybridized carbons (Fsp3) is 0.312. The van der Waals surface area contributed by atoms with Gasteiger partial charge in [0.1, 0.15) is 17.3 Å². The SMILES string of the molecule is O=C(c1cccs1)N(CC1C2CN(S(=O)(=O)c3ccc(Oc4cccnc4)cc3)CC12)c1ccc(N2CCOCC2)c(F)c1. The number of hydrogen-bond acceptors (Lipinski definition) is 8. The average molecular weight is 635 g/mol. The van der Waals surface area contributed by atoms with Gasteiger partial charge < -0.3 is 19.3 Å². The fourth-order valence-corrected chi connectivity index (χ4v) is 8.41. The molecule has 0 radical (unpaired) electrons. The summed E-state index contributed by atoms with van der Waals surface area (Å²) in [6.45, 7) is 3.50. The highest BCUT2D eigenvalue weighted by atomic mass is 32.2. The number of halogens is 1. The van der Waals surface area contributed by atoms with Crippen LogP contribution < -0.4 is 14.5 Å². The summed E-state index contributed by atoms with van der Waals surface area (Å²) >= 11 is 1.35. The molecule has 2 saturated heterocycles. The summed E-state index contributed by atoms with van der Waals surface area (Å²) in [7, 11) is -3.68. The molecule has 1 aliphatic carbocycles. The molecule has 2 unspecified atom stereocenters. The minimum atomic E-state index is -3.68. The lowest BCUT2D eigenvalue weighted by Crippen LogP contribution is -2.37. The van der Waals surface area contributed by atoms with Gasteiger partial charge in [0.2, 0.25) is 10.0 Å². The Morgan fingerprint density at radius 1 is 1.02 bits per heavy atom. The molecular weight excluding hydrogens is 604 g/mol.